The van der Waals surface area contributed by atoms with E-state index in [0.717, 1.165) is 0 Å². The molecule has 0 aliphatic rings. The summed E-state index contributed by atoms with van der Waals surface area (Å²) in [6.07, 6.45) is 0. The second-order valence-electron chi connectivity index (χ2n) is 3.68. The molecule has 0 atom stereocenters. The number of aromatic amines is 1. The van der Waals surface area contributed by atoms with Crippen LogP contribution in [0.5, 0.6) is 0 Å². The van der Waals surface area contributed by atoms with Gasteiger partial charge in [0.15, 0.2) is 0 Å². The molecule has 1 rings (SSSR count). The Morgan fingerprint density at radius 1 is 1.57 bits per heavy atom. The molecule has 0 amide bonds. The number of nitrogens with one attached hydrogen (secondary N) is 1. The van der Waals surface area contributed by atoms with Gasteiger partial charge in [0.25, 0.3) is 5.56 Å². The minimum Gasteiger partial charge on any atom is -0.368 e. The summed E-state index contributed by atoms with van der Waals surface area (Å²) in [6.45, 7) is 8.06. The number of nitrogens with zero attached hydrogens (tertiary/aromatic N) is 1. The average Bonchev–Trinajstić information content (AvgIpc) is 2.02. The van der Waals surface area contributed by atoms with Gasteiger partial charge in [-0.1, -0.05) is 0 Å². The van der Waals surface area contributed by atoms with E-state index in [1.54, 1.807) is 6.92 Å². The highest BCUT2D eigenvalue weighted by Gasteiger charge is 2.23. The first-order chi connectivity index (χ1) is 6.45. The Morgan fingerprint density at radius 3 is 2.71 bits per heavy atom. The maximum Gasteiger partial charge on any atom is 0.251 e. The summed E-state index contributed by atoms with van der Waals surface area (Å²) in [7, 11) is 0. The highest BCUT2D eigenvalue weighted by Crippen LogP contribution is 2.19. The molecule has 1 aromatic rings. The number of hydrogen-bond donors (Lipinski definition) is 1. The zero-order valence-corrected chi connectivity index (χ0v) is 9.05. The summed E-state index contributed by atoms with van der Waals surface area (Å²) in [5.41, 5.74) is 0.0248. The quantitative estimate of drug-likeness (QED) is 0.794. The predicted octanol–water partition coefficient (Wildman–Crippen LogP) is 1.35. The zero-order chi connectivity index (χ0) is 10.8. The first-order valence-electron chi connectivity index (χ1n) is 4.68. The fraction of sp³-hybridized carbons (Fsp3) is 0.600. The molecule has 0 spiro atoms. The molecule has 0 aromatic carbocycles. The van der Waals surface area contributed by atoms with Crippen LogP contribution in [0.2, 0.25) is 0 Å². The van der Waals surface area contributed by atoms with Gasteiger partial charge in [0.05, 0.1) is 0 Å². The fourth-order valence-corrected chi connectivity index (χ4v) is 1.29. The van der Waals surface area contributed by atoms with Crippen molar-refractivity contribution in [3.8, 4) is 0 Å². The second kappa shape index (κ2) is 3.92. The lowest BCUT2D eigenvalue weighted by molar-refractivity contribution is -0.0211. The van der Waals surface area contributed by atoms with Gasteiger partial charge < -0.3 is 9.72 Å². The maximum absolute atomic E-state index is 11.2. The largest absolute Gasteiger partial charge is 0.368 e. The van der Waals surface area contributed by atoms with E-state index in [0.29, 0.717) is 18.1 Å². The molecular formula is C10H16N2O2. The van der Waals surface area contributed by atoms with Crippen molar-refractivity contribution in [2.24, 2.45) is 0 Å². The van der Waals surface area contributed by atoms with Crippen LogP contribution in [0, 0.1) is 6.92 Å². The van der Waals surface area contributed by atoms with Crippen molar-refractivity contribution in [2.45, 2.75) is 33.3 Å². The van der Waals surface area contributed by atoms with E-state index in [9.17, 15) is 4.79 Å². The van der Waals surface area contributed by atoms with E-state index in [2.05, 4.69) is 9.97 Å². The lowest BCUT2D eigenvalue weighted by Gasteiger charge is -2.23. The first-order valence-corrected chi connectivity index (χ1v) is 4.68. The minimum absolute atomic E-state index is 0.139. The topological polar surface area (TPSA) is 55.0 Å². The molecule has 0 unspecified atom stereocenters. The molecule has 0 radical (unpaired) electrons. The SMILES string of the molecule is CCOC(C)(C)c1nc(C)cc(=O)[nH]1. The van der Waals surface area contributed by atoms with Gasteiger partial charge in [0.1, 0.15) is 11.4 Å². The highest BCUT2D eigenvalue weighted by molar-refractivity contribution is 5.05. The molecule has 14 heavy (non-hydrogen) atoms. The molecule has 0 aliphatic heterocycles. The molecule has 0 bridgehead atoms. The van der Waals surface area contributed by atoms with Crippen LogP contribution in [-0.4, -0.2) is 16.6 Å². The Labute approximate surface area is 83.3 Å². The Balaban J connectivity index is 3.12. The van der Waals surface area contributed by atoms with Crippen LogP contribution in [-0.2, 0) is 10.3 Å². The monoisotopic (exact) mass is 196 g/mol. The standard InChI is InChI=1S/C10H16N2O2/c1-5-14-10(3,4)9-11-7(2)6-8(13)12-9/h6H,5H2,1-4H3,(H,11,12,13). The molecule has 4 nitrogen and oxygen atoms in total. The van der Waals surface area contributed by atoms with Gasteiger partial charge in [-0.05, 0) is 27.7 Å². The third-order valence-electron chi connectivity index (χ3n) is 1.95. The third-order valence-corrected chi connectivity index (χ3v) is 1.95. The Hall–Kier alpha value is -1.16. The van der Waals surface area contributed by atoms with Gasteiger partial charge >= 0.3 is 0 Å². The molecule has 0 fully saturated rings. The molecule has 78 valence electrons. The molecule has 1 heterocycles. The predicted molar refractivity (Wildman–Crippen MR) is 54.2 cm³/mol. The number of hydrogen-bond acceptors (Lipinski definition) is 3. The van der Waals surface area contributed by atoms with Crippen LogP contribution in [0.4, 0.5) is 0 Å². The van der Waals surface area contributed by atoms with Crippen molar-refractivity contribution in [1.29, 1.82) is 0 Å². The van der Waals surface area contributed by atoms with Crippen molar-refractivity contribution in [3.63, 3.8) is 0 Å². The summed E-state index contributed by atoms with van der Waals surface area (Å²) < 4.78 is 5.49. The van der Waals surface area contributed by atoms with E-state index >= 15 is 0 Å². The molecule has 1 N–H and O–H groups in total. The Morgan fingerprint density at radius 2 is 2.21 bits per heavy atom. The number of ether oxygens (including phenoxy) is 1. The molecule has 0 aliphatic carbocycles. The van der Waals surface area contributed by atoms with E-state index in [1.165, 1.54) is 6.07 Å². The molecular weight excluding hydrogens is 180 g/mol. The fourth-order valence-electron chi connectivity index (χ4n) is 1.29. The summed E-state index contributed by atoms with van der Waals surface area (Å²) in [4.78, 5) is 18.1. The number of rotatable bonds is 3. The van der Waals surface area contributed by atoms with Crippen LogP contribution >= 0.6 is 0 Å². The maximum atomic E-state index is 11.2. The number of aromatic nitrogens is 2. The lowest BCUT2D eigenvalue weighted by atomic mass is 10.1. The van der Waals surface area contributed by atoms with Gasteiger partial charge in [-0.15, -0.1) is 0 Å². The zero-order valence-electron chi connectivity index (χ0n) is 9.05. The van der Waals surface area contributed by atoms with E-state index in [1.807, 2.05) is 20.8 Å². The summed E-state index contributed by atoms with van der Waals surface area (Å²) in [5, 5.41) is 0. The molecule has 1 aromatic heterocycles. The second-order valence-corrected chi connectivity index (χ2v) is 3.68. The van der Waals surface area contributed by atoms with E-state index in [-0.39, 0.29) is 5.56 Å². The molecule has 0 saturated heterocycles. The Bertz CT molecular complexity index is 369. The number of H-pyrrole nitrogens is 1. The normalized spacial score (nSPS) is 11.7. The summed E-state index contributed by atoms with van der Waals surface area (Å²) >= 11 is 0. The molecule has 0 saturated carbocycles. The van der Waals surface area contributed by atoms with E-state index in [4.69, 9.17) is 4.74 Å². The van der Waals surface area contributed by atoms with Gasteiger partial charge in [-0.2, -0.15) is 0 Å². The van der Waals surface area contributed by atoms with Crippen LogP contribution in [0.15, 0.2) is 10.9 Å². The van der Waals surface area contributed by atoms with Crippen LogP contribution < -0.4 is 5.56 Å². The van der Waals surface area contributed by atoms with Gasteiger partial charge in [-0.25, -0.2) is 4.98 Å². The van der Waals surface area contributed by atoms with Crippen molar-refractivity contribution in [1.82, 2.24) is 9.97 Å². The average molecular weight is 196 g/mol. The van der Waals surface area contributed by atoms with Crippen LogP contribution in [0.25, 0.3) is 0 Å². The highest BCUT2D eigenvalue weighted by atomic mass is 16.5. The summed E-state index contributed by atoms with van der Waals surface area (Å²) in [6, 6.07) is 1.46. The summed E-state index contributed by atoms with van der Waals surface area (Å²) in [5.74, 6) is 0.573. The van der Waals surface area contributed by atoms with Gasteiger partial charge in [0, 0.05) is 18.4 Å². The first kappa shape index (κ1) is 10.9. The van der Waals surface area contributed by atoms with Gasteiger partial charge in [0.2, 0.25) is 0 Å². The minimum atomic E-state index is -0.542. The van der Waals surface area contributed by atoms with Crippen molar-refractivity contribution in [2.75, 3.05) is 6.61 Å². The van der Waals surface area contributed by atoms with E-state index < -0.39 is 5.60 Å². The third kappa shape index (κ3) is 2.42. The van der Waals surface area contributed by atoms with Crippen molar-refractivity contribution < 1.29 is 4.74 Å². The van der Waals surface area contributed by atoms with Gasteiger partial charge in [-0.3, -0.25) is 4.79 Å². The Kier molecular flexibility index (Phi) is 3.06. The van der Waals surface area contributed by atoms with Crippen molar-refractivity contribution >= 4 is 0 Å². The van der Waals surface area contributed by atoms with Crippen LogP contribution in [0.1, 0.15) is 32.3 Å². The smallest absolute Gasteiger partial charge is 0.251 e. The number of aryl methyl sites for hydroxylation is 1. The van der Waals surface area contributed by atoms with Crippen molar-refractivity contribution in [3.05, 3.63) is 27.9 Å². The van der Waals surface area contributed by atoms with Crippen LogP contribution in [0.3, 0.4) is 0 Å². The molecule has 4 heteroatoms. The lowest BCUT2D eigenvalue weighted by Crippen LogP contribution is -2.28.